The summed E-state index contributed by atoms with van der Waals surface area (Å²) in [7, 11) is 1.21. The second kappa shape index (κ2) is 8.68. The molecule has 7 nitrogen and oxygen atoms in total. The van der Waals surface area contributed by atoms with Crippen LogP contribution in [0.5, 0.6) is 11.5 Å². The van der Waals surface area contributed by atoms with E-state index in [9.17, 15) is 14.4 Å². The maximum atomic E-state index is 12.4. The van der Waals surface area contributed by atoms with Crippen LogP contribution in [0.4, 0.5) is 5.69 Å². The van der Waals surface area contributed by atoms with Crippen molar-refractivity contribution in [2.24, 2.45) is 0 Å². The average molecular weight is 378 g/mol. The molecule has 3 aromatic rings. The van der Waals surface area contributed by atoms with Crippen molar-refractivity contribution in [2.45, 2.75) is 6.54 Å². The van der Waals surface area contributed by atoms with E-state index in [4.69, 9.17) is 4.74 Å². The Morgan fingerprint density at radius 3 is 2.39 bits per heavy atom. The number of amides is 1. The van der Waals surface area contributed by atoms with Gasteiger partial charge in [0.05, 0.1) is 7.11 Å². The summed E-state index contributed by atoms with van der Waals surface area (Å²) in [6.07, 6.45) is 0. The summed E-state index contributed by atoms with van der Waals surface area (Å²) in [6, 6.07) is 20.2. The molecule has 0 radical (unpaired) electrons. The van der Waals surface area contributed by atoms with Gasteiger partial charge in [-0.25, -0.2) is 4.79 Å². The third-order valence-electron chi connectivity index (χ3n) is 3.84. The van der Waals surface area contributed by atoms with Gasteiger partial charge in [0.25, 0.3) is 5.56 Å². The van der Waals surface area contributed by atoms with E-state index in [0.29, 0.717) is 17.2 Å². The lowest BCUT2D eigenvalue weighted by Gasteiger charge is -2.12. The van der Waals surface area contributed by atoms with Gasteiger partial charge in [0.2, 0.25) is 5.91 Å². The molecule has 2 aromatic carbocycles. The van der Waals surface area contributed by atoms with Crippen molar-refractivity contribution in [3.05, 3.63) is 88.8 Å². The van der Waals surface area contributed by atoms with Gasteiger partial charge in [-0.05, 0) is 30.3 Å². The van der Waals surface area contributed by atoms with Crippen LogP contribution in [0.25, 0.3) is 0 Å². The zero-order chi connectivity index (χ0) is 19.9. The number of aromatic nitrogens is 1. The Bertz CT molecular complexity index is 1040. The lowest BCUT2D eigenvalue weighted by atomic mass is 10.3. The number of esters is 1. The van der Waals surface area contributed by atoms with Gasteiger partial charge in [-0.2, -0.15) is 0 Å². The predicted octanol–water partition coefficient (Wildman–Crippen LogP) is 3.07. The van der Waals surface area contributed by atoms with Crippen LogP contribution in [0.15, 0.2) is 77.6 Å². The van der Waals surface area contributed by atoms with Crippen LogP contribution in [0.1, 0.15) is 10.5 Å². The molecule has 0 saturated carbocycles. The summed E-state index contributed by atoms with van der Waals surface area (Å²) in [5.41, 5.74) is 0.0348. The van der Waals surface area contributed by atoms with Crippen molar-refractivity contribution in [2.75, 3.05) is 12.4 Å². The number of nitrogens with one attached hydrogen (secondary N) is 1. The zero-order valence-corrected chi connectivity index (χ0v) is 15.1. The summed E-state index contributed by atoms with van der Waals surface area (Å²) >= 11 is 0. The van der Waals surface area contributed by atoms with E-state index in [1.165, 1.54) is 25.3 Å². The van der Waals surface area contributed by atoms with E-state index in [2.05, 4.69) is 10.1 Å². The fraction of sp³-hybridized carbons (Fsp3) is 0.0952. The first-order valence-electron chi connectivity index (χ1n) is 8.48. The normalized spacial score (nSPS) is 10.2. The molecule has 1 aromatic heterocycles. The molecule has 7 heteroatoms. The Morgan fingerprint density at radius 2 is 1.64 bits per heavy atom. The molecule has 28 heavy (non-hydrogen) atoms. The molecule has 3 rings (SSSR count). The van der Waals surface area contributed by atoms with Crippen LogP contribution in [0, 0.1) is 0 Å². The van der Waals surface area contributed by atoms with Crippen molar-refractivity contribution in [1.29, 1.82) is 0 Å². The average Bonchev–Trinajstić information content (AvgIpc) is 2.70. The van der Waals surface area contributed by atoms with Crippen LogP contribution in [0.3, 0.4) is 0 Å². The Hall–Kier alpha value is -3.87. The van der Waals surface area contributed by atoms with Crippen molar-refractivity contribution in [3.63, 3.8) is 0 Å². The lowest BCUT2D eigenvalue weighted by Crippen LogP contribution is -2.31. The number of carbonyl (C=O) groups is 2. The molecular weight excluding hydrogens is 360 g/mol. The Balaban J connectivity index is 1.73. The Morgan fingerprint density at radius 1 is 0.929 bits per heavy atom. The summed E-state index contributed by atoms with van der Waals surface area (Å²) in [5.74, 6) is 0.0692. The number of hydrogen-bond donors (Lipinski definition) is 1. The van der Waals surface area contributed by atoms with Gasteiger partial charge < -0.3 is 14.8 Å². The first kappa shape index (κ1) is 18.9. The predicted molar refractivity (Wildman–Crippen MR) is 104 cm³/mol. The number of ether oxygens (including phenoxy) is 2. The highest BCUT2D eigenvalue weighted by molar-refractivity contribution is 5.92. The third kappa shape index (κ3) is 4.64. The molecule has 142 valence electrons. The molecule has 0 bridgehead atoms. The molecule has 0 unspecified atom stereocenters. The maximum absolute atomic E-state index is 12.4. The van der Waals surface area contributed by atoms with Gasteiger partial charge in [0.1, 0.15) is 23.7 Å². The van der Waals surface area contributed by atoms with Crippen LogP contribution < -0.4 is 15.6 Å². The summed E-state index contributed by atoms with van der Waals surface area (Å²) < 4.78 is 11.5. The van der Waals surface area contributed by atoms with Crippen molar-refractivity contribution < 1.29 is 19.1 Å². The van der Waals surface area contributed by atoms with Crippen LogP contribution in [0.2, 0.25) is 0 Å². The van der Waals surface area contributed by atoms with Crippen LogP contribution in [-0.4, -0.2) is 23.6 Å². The van der Waals surface area contributed by atoms with E-state index in [0.717, 1.165) is 4.57 Å². The third-order valence-corrected chi connectivity index (χ3v) is 3.84. The smallest absolute Gasteiger partial charge is 0.354 e. The lowest BCUT2D eigenvalue weighted by molar-refractivity contribution is -0.116. The molecule has 0 atom stereocenters. The van der Waals surface area contributed by atoms with E-state index in [-0.39, 0.29) is 12.2 Å². The van der Waals surface area contributed by atoms with E-state index in [1.54, 1.807) is 24.3 Å². The second-order valence-corrected chi connectivity index (χ2v) is 5.82. The summed E-state index contributed by atoms with van der Waals surface area (Å²) in [6.45, 7) is -0.326. The molecule has 1 N–H and O–H groups in total. The van der Waals surface area contributed by atoms with Crippen LogP contribution >= 0.6 is 0 Å². The van der Waals surface area contributed by atoms with Crippen molar-refractivity contribution >= 4 is 17.6 Å². The highest BCUT2D eigenvalue weighted by Crippen LogP contribution is 2.23. The highest BCUT2D eigenvalue weighted by Gasteiger charge is 2.15. The number of rotatable bonds is 6. The second-order valence-electron chi connectivity index (χ2n) is 5.82. The summed E-state index contributed by atoms with van der Waals surface area (Å²) in [5, 5.41) is 2.70. The molecule has 1 amide bonds. The number of methoxy groups -OCH3 is 1. The highest BCUT2D eigenvalue weighted by atomic mass is 16.5. The topological polar surface area (TPSA) is 86.6 Å². The first-order valence-corrected chi connectivity index (χ1v) is 8.48. The van der Waals surface area contributed by atoms with Gasteiger partial charge in [-0.1, -0.05) is 30.3 Å². The summed E-state index contributed by atoms with van der Waals surface area (Å²) in [4.78, 5) is 36.3. The number of hydrogen-bond acceptors (Lipinski definition) is 5. The minimum atomic E-state index is -0.691. The monoisotopic (exact) mass is 378 g/mol. The maximum Gasteiger partial charge on any atom is 0.354 e. The van der Waals surface area contributed by atoms with E-state index in [1.807, 2.05) is 30.3 Å². The number of benzene rings is 2. The fourth-order valence-electron chi connectivity index (χ4n) is 2.57. The standard InChI is InChI=1S/C21H18N2O5/c1-27-21(26)18-11-6-12-20(25)23(18)14-19(24)22-15-7-5-10-17(13-15)28-16-8-3-2-4-9-16/h2-13H,14H2,1H3,(H,22,24). The number of anilines is 1. The zero-order valence-electron chi connectivity index (χ0n) is 15.1. The largest absolute Gasteiger partial charge is 0.464 e. The molecule has 0 saturated heterocycles. The molecule has 0 aliphatic heterocycles. The quantitative estimate of drug-likeness (QED) is 0.666. The molecule has 0 aliphatic rings. The molecule has 0 fully saturated rings. The van der Waals surface area contributed by atoms with Gasteiger partial charge in [-0.15, -0.1) is 0 Å². The Kier molecular flexibility index (Phi) is 5.86. The number of carbonyl (C=O) groups excluding carboxylic acids is 2. The van der Waals surface area contributed by atoms with Gasteiger partial charge in [0.15, 0.2) is 0 Å². The molecular formula is C21H18N2O5. The van der Waals surface area contributed by atoms with Gasteiger partial charge >= 0.3 is 5.97 Å². The molecule has 1 heterocycles. The van der Waals surface area contributed by atoms with Crippen molar-refractivity contribution in [3.8, 4) is 11.5 Å². The number of para-hydroxylation sites is 1. The molecule has 0 aliphatic carbocycles. The van der Waals surface area contributed by atoms with Crippen LogP contribution in [-0.2, 0) is 16.1 Å². The molecule has 0 spiro atoms. The van der Waals surface area contributed by atoms with E-state index < -0.39 is 17.4 Å². The van der Waals surface area contributed by atoms with Gasteiger partial charge in [0, 0.05) is 17.8 Å². The SMILES string of the molecule is COC(=O)c1cccc(=O)n1CC(=O)Nc1cccc(Oc2ccccc2)c1. The van der Waals surface area contributed by atoms with E-state index >= 15 is 0 Å². The first-order chi connectivity index (χ1) is 13.6. The van der Waals surface area contributed by atoms with Gasteiger partial charge in [-0.3, -0.25) is 14.2 Å². The number of pyridine rings is 1. The Labute approximate surface area is 161 Å². The number of nitrogens with zero attached hydrogens (tertiary/aromatic N) is 1. The minimum Gasteiger partial charge on any atom is -0.464 e. The van der Waals surface area contributed by atoms with Crippen molar-refractivity contribution in [1.82, 2.24) is 4.57 Å². The minimum absolute atomic E-state index is 0.00584. The fourth-order valence-corrected chi connectivity index (χ4v) is 2.57.